The van der Waals surface area contributed by atoms with Crippen molar-refractivity contribution in [3.8, 4) is 0 Å². The van der Waals surface area contributed by atoms with Gasteiger partial charge in [0.05, 0.1) is 11.7 Å². The van der Waals surface area contributed by atoms with Crippen LogP contribution in [0.4, 0.5) is 0 Å². The second-order valence-corrected chi connectivity index (χ2v) is 15.8. The van der Waals surface area contributed by atoms with Gasteiger partial charge in [0, 0.05) is 29.3 Å². The summed E-state index contributed by atoms with van der Waals surface area (Å²) < 4.78 is 8.09. The zero-order chi connectivity index (χ0) is 26.9. The van der Waals surface area contributed by atoms with E-state index < -0.39 is 0 Å². The molecule has 0 N–H and O–H groups in total. The minimum Gasteiger partial charge on any atom is -0.361 e. The molecule has 0 saturated heterocycles. The molecule has 2 aromatic heterocycles. The maximum atomic E-state index is 14.6. The van der Waals surface area contributed by atoms with Crippen LogP contribution in [0, 0.1) is 39.4 Å². The molecule has 5 nitrogen and oxygen atoms in total. The number of ketones is 1. The molecule has 7 atom stereocenters. The lowest BCUT2D eigenvalue weighted by Crippen LogP contribution is -2.66. The van der Waals surface area contributed by atoms with Gasteiger partial charge in [0.25, 0.3) is 0 Å². The van der Waals surface area contributed by atoms with Gasteiger partial charge < -0.3 is 4.52 Å². The molecule has 0 bridgehead atoms. The van der Waals surface area contributed by atoms with Gasteiger partial charge >= 0.3 is 0 Å². The molecule has 5 heteroatoms. The van der Waals surface area contributed by atoms with Crippen LogP contribution < -0.4 is 0 Å². The molecule has 204 valence electrons. The van der Waals surface area contributed by atoms with Crippen molar-refractivity contribution in [2.45, 2.75) is 111 Å². The zero-order valence-electron chi connectivity index (χ0n) is 24.4. The fraction of sp³-hybridized carbons (Fsp3) is 0.727. The van der Waals surface area contributed by atoms with Crippen LogP contribution >= 0.6 is 0 Å². The Morgan fingerprint density at radius 1 is 1.00 bits per heavy atom. The summed E-state index contributed by atoms with van der Waals surface area (Å²) in [7, 11) is 0. The summed E-state index contributed by atoms with van der Waals surface area (Å²) in [4.78, 5) is 14.6. The van der Waals surface area contributed by atoms with Crippen molar-refractivity contribution in [2.75, 3.05) is 0 Å². The van der Waals surface area contributed by atoms with Crippen LogP contribution in [0.2, 0.25) is 0 Å². The monoisotopic (exact) mass is 515 g/mol. The summed E-state index contributed by atoms with van der Waals surface area (Å²) in [6, 6.07) is 2.06. The second-order valence-electron chi connectivity index (χ2n) is 15.8. The predicted molar refractivity (Wildman–Crippen MR) is 147 cm³/mol. The number of aromatic nitrogens is 3. The number of carbonyl (C=O) groups excluding carboxylic acids is 1. The highest BCUT2D eigenvalue weighted by Gasteiger charge is 2.70. The number of hydrogen-bond donors (Lipinski definition) is 0. The maximum Gasteiger partial charge on any atom is 0.159 e. The molecule has 0 radical (unpaired) electrons. The van der Waals surface area contributed by atoms with Crippen molar-refractivity contribution in [3.05, 3.63) is 47.6 Å². The molecular formula is C33H45N3O2. The van der Waals surface area contributed by atoms with Crippen LogP contribution in [-0.4, -0.2) is 20.7 Å². The van der Waals surface area contributed by atoms with Gasteiger partial charge in [-0.05, 0) is 97.0 Å². The van der Waals surface area contributed by atoms with Gasteiger partial charge in [-0.3, -0.25) is 9.48 Å². The largest absolute Gasteiger partial charge is 0.361 e. The third-order valence-electron chi connectivity index (χ3n) is 13.2. The fourth-order valence-electron chi connectivity index (χ4n) is 11.2. The zero-order valence-corrected chi connectivity index (χ0v) is 24.4. The molecule has 0 aromatic carbocycles. The Labute approximate surface area is 227 Å². The summed E-state index contributed by atoms with van der Waals surface area (Å²) >= 11 is 0. The Bertz CT molecular complexity index is 1330. The van der Waals surface area contributed by atoms with Crippen LogP contribution in [-0.2, 0) is 22.2 Å². The van der Waals surface area contributed by atoms with E-state index in [2.05, 4.69) is 76.6 Å². The first-order chi connectivity index (χ1) is 17.8. The van der Waals surface area contributed by atoms with Gasteiger partial charge in [-0.15, -0.1) is 0 Å². The average molecular weight is 516 g/mol. The first kappa shape index (κ1) is 24.8. The lowest BCUT2D eigenvalue weighted by atomic mass is 9.34. The fourth-order valence-corrected chi connectivity index (χ4v) is 11.2. The van der Waals surface area contributed by atoms with Crippen LogP contribution in [0.5, 0.6) is 0 Å². The van der Waals surface area contributed by atoms with E-state index in [9.17, 15) is 4.79 Å². The topological polar surface area (TPSA) is 60.9 Å². The molecule has 5 aliphatic carbocycles. The summed E-state index contributed by atoms with van der Waals surface area (Å²) in [6.45, 7) is 17.0. The minimum atomic E-state index is -0.100. The van der Waals surface area contributed by atoms with Crippen molar-refractivity contribution in [1.82, 2.24) is 14.9 Å². The lowest BCUT2D eigenvalue weighted by molar-refractivity contribution is -0.169. The van der Waals surface area contributed by atoms with Crippen molar-refractivity contribution in [1.29, 1.82) is 0 Å². The lowest BCUT2D eigenvalue weighted by Gasteiger charge is -2.69. The normalized spacial score (nSPS) is 44.7. The van der Waals surface area contributed by atoms with Crippen molar-refractivity contribution in [3.63, 3.8) is 0 Å². The number of allylic oxidation sites excluding steroid dienone is 2. The van der Waals surface area contributed by atoms with E-state index in [0.29, 0.717) is 17.6 Å². The smallest absolute Gasteiger partial charge is 0.159 e. The highest BCUT2D eigenvalue weighted by atomic mass is 16.5. The molecule has 2 aromatic rings. The molecule has 7 rings (SSSR count). The Morgan fingerprint density at radius 2 is 1.76 bits per heavy atom. The Kier molecular flexibility index (Phi) is 4.78. The first-order valence-electron chi connectivity index (χ1n) is 15.0. The Hall–Kier alpha value is -2.17. The SMILES string of the molecule is CC1(C)CC[C@]2(n3cccn3)CC[C@]3(C)[C@H](C(=O)C=C4[C@@]5(C)Cc6cnoc6C(C)(C)[C@@H]5CC[C@]43C)[C@@H]2C1. The molecule has 5 aliphatic rings. The third-order valence-corrected chi connectivity index (χ3v) is 13.2. The van der Waals surface area contributed by atoms with Crippen molar-refractivity contribution in [2.24, 2.45) is 39.4 Å². The van der Waals surface area contributed by atoms with Gasteiger partial charge in [0.15, 0.2) is 5.78 Å². The second kappa shape index (κ2) is 7.31. The number of fused-ring (bicyclic) bond motifs is 8. The Balaban J connectivity index is 1.39. The van der Waals surface area contributed by atoms with Crippen LogP contribution in [0.1, 0.15) is 105 Å². The molecule has 3 saturated carbocycles. The molecule has 0 unspecified atom stereocenters. The molecule has 0 amide bonds. The molecule has 38 heavy (non-hydrogen) atoms. The number of hydrogen-bond acceptors (Lipinski definition) is 4. The summed E-state index contributed by atoms with van der Waals surface area (Å²) in [6.07, 6.45) is 17.0. The molecule has 3 fully saturated rings. The van der Waals surface area contributed by atoms with E-state index in [1.54, 1.807) is 0 Å². The quantitative estimate of drug-likeness (QED) is 0.400. The standard InChI is InChI=1S/C33H45N3O2/c1-28(2)11-13-33(36-16-8-15-34-36)14-12-32(7)26(22(33)19-28)23(37)17-25-30(5)18-21-20-35-38-27(21)29(3,4)24(30)9-10-31(25,32)6/h8,15-17,20,22,24,26H,9-14,18-19H2,1-7H3/t22-,24-,26-,30-,31+,32+,33-/m0/s1. The first-order valence-corrected chi connectivity index (χ1v) is 15.0. The van der Waals surface area contributed by atoms with E-state index in [0.717, 1.165) is 50.7 Å². The van der Waals surface area contributed by atoms with Gasteiger partial charge in [-0.2, -0.15) is 5.10 Å². The van der Waals surface area contributed by atoms with E-state index in [-0.39, 0.29) is 38.5 Å². The highest BCUT2D eigenvalue weighted by molar-refractivity contribution is 5.95. The van der Waals surface area contributed by atoms with Crippen LogP contribution in [0.3, 0.4) is 0 Å². The summed E-state index contributed by atoms with van der Waals surface area (Å²) in [5.74, 6) is 2.22. The van der Waals surface area contributed by atoms with E-state index in [1.165, 1.54) is 17.6 Å². The number of carbonyl (C=O) groups is 1. The van der Waals surface area contributed by atoms with Crippen LogP contribution in [0.15, 0.2) is 40.8 Å². The van der Waals surface area contributed by atoms with Crippen LogP contribution in [0.25, 0.3) is 0 Å². The highest BCUT2D eigenvalue weighted by Crippen LogP contribution is 2.74. The molecular weight excluding hydrogens is 470 g/mol. The summed E-state index contributed by atoms with van der Waals surface area (Å²) in [5, 5.41) is 9.04. The van der Waals surface area contributed by atoms with E-state index in [4.69, 9.17) is 9.62 Å². The number of nitrogens with zero attached hydrogens (tertiary/aromatic N) is 3. The van der Waals surface area contributed by atoms with Gasteiger partial charge in [0.1, 0.15) is 5.76 Å². The minimum absolute atomic E-state index is 0.000555. The third kappa shape index (κ3) is 2.81. The molecule has 0 aliphatic heterocycles. The summed E-state index contributed by atoms with van der Waals surface area (Å²) in [5.41, 5.74) is 2.62. The van der Waals surface area contributed by atoms with E-state index in [1.807, 2.05) is 12.4 Å². The molecule has 0 spiro atoms. The molecule has 2 heterocycles. The average Bonchev–Trinajstić information content (AvgIpc) is 3.53. The van der Waals surface area contributed by atoms with Gasteiger partial charge in [-0.1, -0.05) is 59.2 Å². The predicted octanol–water partition coefficient (Wildman–Crippen LogP) is 7.27. The van der Waals surface area contributed by atoms with Crippen molar-refractivity contribution >= 4 is 5.78 Å². The number of rotatable bonds is 1. The maximum absolute atomic E-state index is 14.6. The van der Waals surface area contributed by atoms with Gasteiger partial charge in [0.2, 0.25) is 0 Å². The van der Waals surface area contributed by atoms with Crippen molar-refractivity contribution < 1.29 is 9.32 Å². The Morgan fingerprint density at radius 3 is 2.50 bits per heavy atom. The van der Waals surface area contributed by atoms with Gasteiger partial charge in [-0.25, -0.2) is 0 Å². The van der Waals surface area contributed by atoms with E-state index >= 15 is 0 Å².